The van der Waals surface area contributed by atoms with Gasteiger partial charge in [0.1, 0.15) is 16.9 Å². The lowest BCUT2D eigenvalue weighted by Gasteiger charge is -2.34. The van der Waals surface area contributed by atoms with Gasteiger partial charge in [-0.1, -0.05) is 0 Å². The average Bonchev–Trinajstić information content (AvgIpc) is 3.23. The number of nitrogens with one attached hydrogen (secondary N) is 1. The van der Waals surface area contributed by atoms with Crippen LogP contribution in [0.3, 0.4) is 0 Å². The molecular weight excluding hydrogens is 440 g/mol. The molecule has 3 aliphatic heterocycles. The number of hydrogen-bond donors (Lipinski definition) is 1. The Bertz CT molecular complexity index is 1310. The lowest BCUT2D eigenvalue weighted by atomic mass is 10.0. The molecule has 33 heavy (non-hydrogen) atoms. The SMILES string of the molecule is O=c1ccc2ncc(=O)n3c2n1CC3CN1CCC(NCc2cc3c(cn2)SCCO3)CC1. The summed E-state index contributed by atoms with van der Waals surface area (Å²) >= 11 is 1.80. The topological polar surface area (TPSA) is 94.3 Å². The Morgan fingerprint density at radius 3 is 2.88 bits per heavy atom. The molecule has 0 aromatic carbocycles. The van der Waals surface area contributed by atoms with Gasteiger partial charge < -0.3 is 15.0 Å². The van der Waals surface area contributed by atoms with Crippen LogP contribution in [-0.2, 0) is 13.1 Å². The third kappa shape index (κ3) is 3.96. The van der Waals surface area contributed by atoms with Gasteiger partial charge in [0.15, 0.2) is 0 Å². The highest BCUT2D eigenvalue weighted by Gasteiger charge is 2.29. The van der Waals surface area contributed by atoms with Crippen molar-refractivity contribution in [1.82, 2.24) is 29.3 Å². The van der Waals surface area contributed by atoms with Crippen molar-refractivity contribution < 1.29 is 4.74 Å². The standard InChI is InChI=1S/C23H26N6O3S/c30-21-2-1-18-23-28(21)14-17(29(23)22(31)12-26-18)13-27-5-3-15(4-6-27)24-10-16-9-19-20(11-25-16)33-8-7-32-19/h1-2,9,11-12,15,17,24H,3-8,10,13-14H2. The van der Waals surface area contributed by atoms with Crippen LogP contribution < -0.4 is 21.2 Å². The third-order valence-corrected chi connectivity index (χ3v) is 7.78. The molecule has 6 heterocycles. The van der Waals surface area contributed by atoms with Crippen LogP contribution in [0.4, 0.5) is 0 Å². The predicted molar refractivity (Wildman–Crippen MR) is 126 cm³/mol. The van der Waals surface area contributed by atoms with Crippen molar-refractivity contribution in [3.05, 3.63) is 57.0 Å². The molecule has 1 fully saturated rings. The largest absolute Gasteiger partial charge is 0.491 e. The zero-order valence-corrected chi connectivity index (χ0v) is 19.1. The van der Waals surface area contributed by atoms with E-state index in [1.807, 2.05) is 6.20 Å². The molecule has 3 aromatic rings. The van der Waals surface area contributed by atoms with E-state index < -0.39 is 0 Å². The van der Waals surface area contributed by atoms with Crippen LogP contribution in [0.5, 0.6) is 5.75 Å². The van der Waals surface area contributed by atoms with Crippen LogP contribution in [-0.4, -0.2) is 62.0 Å². The number of thioether (sulfide) groups is 1. The van der Waals surface area contributed by atoms with Gasteiger partial charge in [-0.05, 0) is 32.0 Å². The number of pyridine rings is 2. The van der Waals surface area contributed by atoms with E-state index in [1.165, 1.54) is 12.3 Å². The summed E-state index contributed by atoms with van der Waals surface area (Å²) < 4.78 is 9.20. The third-order valence-electron chi connectivity index (χ3n) is 6.79. The smallest absolute Gasteiger partial charge is 0.270 e. The van der Waals surface area contributed by atoms with Gasteiger partial charge in [0, 0.05) is 49.8 Å². The molecule has 6 rings (SSSR count). The second kappa shape index (κ2) is 8.58. The van der Waals surface area contributed by atoms with Gasteiger partial charge >= 0.3 is 0 Å². The number of likely N-dealkylation sites (tertiary alicyclic amines) is 1. The van der Waals surface area contributed by atoms with Crippen LogP contribution in [0.1, 0.15) is 24.6 Å². The molecule has 10 heteroatoms. The summed E-state index contributed by atoms with van der Waals surface area (Å²) in [7, 11) is 0. The molecule has 1 saturated heterocycles. The van der Waals surface area contributed by atoms with Crippen molar-refractivity contribution >= 4 is 22.9 Å². The van der Waals surface area contributed by atoms with Gasteiger partial charge in [-0.3, -0.25) is 23.7 Å². The minimum Gasteiger partial charge on any atom is -0.491 e. The number of aromatic nitrogens is 4. The maximum absolute atomic E-state index is 12.6. The Labute approximate surface area is 194 Å². The maximum atomic E-state index is 12.6. The van der Waals surface area contributed by atoms with Crippen LogP contribution in [0, 0.1) is 0 Å². The van der Waals surface area contributed by atoms with Crippen molar-refractivity contribution in [2.24, 2.45) is 0 Å². The molecule has 0 aliphatic carbocycles. The van der Waals surface area contributed by atoms with E-state index >= 15 is 0 Å². The summed E-state index contributed by atoms with van der Waals surface area (Å²) in [4.78, 5) is 37.2. The van der Waals surface area contributed by atoms with Gasteiger partial charge in [0.25, 0.3) is 11.1 Å². The van der Waals surface area contributed by atoms with E-state index in [-0.39, 0.29) is 17.2 Å². The molecule has 1 N–H and O–H groups in total. The number of rotatable bonds is 5. The first-order valence-electron chi connectivity index (χ1n) is 11.5. The predicted octanol–water partition coefficient (Wildman–Crippen LogP) is 1.25. The van der Waals surface area contributed by atoms with Crippen molar-refractivity contribution in [1.29, 1.82) is 0 Å². The normalized spacial score (nSPS) is 20.7. The monoisotopic (exact) mass is 466 g/mol. The van der Waals surface area contributed by atoms with E-state index in [1.54, 1.807) is 27.0 Å². The van der Waals surface area contributed by atoms with Crippen LogP contribution in [0.2, 0.25) is 0 Å². The van der Waals surface area contributed by atoms with Gasteiger partial charge in [-0.2, -0.15) is 0 Å². The molecule has 1 unspecified atom stereocenters. The summed E-state index contributed by atoms with van der Waals surface area (Å²) in [5.41, 5.74) is 2.14. The molecule has 9 nitrogen and oxygen atoms in total. The highest BCUT2D eigenvalue weighted by molar-refractivity contribution is 7.99. The summed E-state index contributed by atoms with van der Waals surface area (Å²) in [5.74, 6) is 1.93. The quantitative estimate of drug-likeness (QED) is 0.601. The minimum atomic E-state index is -0.138. The second-order valence-corrected chi connectivity index (χ2v) is 10.0. The summed E-state index contributed by atoms with van der Waals surface area (Å²) in [5, 5.41) is 3.65. The van der Waals surface area contributed by atoms with E-state index in [0.717, 1.165) is 67.7 Å². The van der Waals surface area contributed by atoms with E-state index in [4.69, 9.17) is 4.74 Å². The highest BCUT2D eigenvalue weighted by Crippen LogP contribution is 2.32. The first kappa shape index (κ1) is 20.9. The molecule has 0 amide bonds. The van der Waals surface area contributed by atoms with Gasteiger partial charge in [-0.15, -0.1) is 11.8 Å². The summed E-state index contributed by atoms with van der Waals surface area (Å²) in [6.07, 6.45) is 5.36. The summed E-state index contributed by atoms with van der Waals surface area (Å²) in [6, 6.07) is 5.68. The van der Waals surface area contributed by atoms with E-state index in [9.17, 15) is 9.59 Å². The highest BCUT2D eigenvalue weighted by atomic mass is 32.2. The van der Waals surface area contributed by atoms with Crippen molar-refractivity contribution in [3.63, 3.8) is 0 Å². The Morgan fingerprint density at radius 2 is 2.00 bits per heavy atom. The number of piperidine rings is 1. The van der Waals surface area contributed by atoms with Crippen LogP contribution >= 0.6 is 11.8 Å². The number of hydrogen-bond acceptors (Lipinski definition) is 8. The second-order valence-electron chi connectivity index (χ2n) is 8.89. The zero-order chi connectivity index (χ0) is 22.4. The Balaban J connectivity index is 1.06. The van der Waals surface area contributed by atoms with Crippen LogP contribution in [0.15, 0.2) is 45.1 Å². The van der Waals surface area contributed by atoms with Crippen molar-refractivity contribution in [2.75, 3.05) is 32.0 Å². The molecule has 3 aliphatic rings. The van der Waals surface area contributed by atoms with Crippen molar-refractivity contribution in [2.45, 2.75) is 42.9 Å². The van der Waals surface area contributed by atoms with Gasteiger partial charge in [0.05, 0.1) is 29.4 Å². The fourth-order valence-electron chi connectivity index (χ4n) is 5.12. The zero-order valence-electron chi connectivity index (χ0n) is 18.3. The number of nitrogens with zero attached hydrogens (tertiary/aromatic N) is 5. The Hall–Kier alpha value is -2.69. The van der Waals surface area contributed by atoms with Crippen LogP contribution in [0.25, 0.3) is 11.2 Å². The molecule has 3 aromatic heterocycles. The fourth-order valence-corrected chi connectivity index (χ4v) is 5.89. The molecular formula is C23H26N6O3S. The number of ether oxygens (including phenoxy) is 1. The summed E-state index contributed by atoms with van der Waals surface area (Å²) in [6.45, 7) is 4.69. The van der Waals surface area contributed by atoms with Crippen molar-refractivity contribution in [3.8, 4) is 5.75 Å². The van der Waals surface area contributed by atoms with E-state index in [2.05, 4.69) is 26.3 Å². The molecule has 172 valence electrons. The minimum absolute atomic E-state index is 0.0415. The van der Waals surface area contributed by atoms with Gasteiger partial charge in [-0.25, -0.2) is 4.98 Å². The lowest BCUT2D eigenvalue weighted by molar-refractivity contribution is 0.171. The first-order chi connectivity index (χ1) is 16.2. The maximum Gasteiger partial charge on any atom is 0.270 e. The Kier molecular flexibility index (Phi) is 5.43. The average molecular weight is 467 g/mol. The lowest BCUT2D eigenvalue weighted by Crippen LogP contribution is -2.44. The van der Waals surface area contributed by atoms with Gasteiger partial charge in [0.2, 0.25) is 0 Å². The first-order valence-corrected chi connectivity index (χ1v) is 12.5. The fraction of sp³-hybridized carbons (Fsp3) is 0.478. The molecule has 0 saturated carbocycles. The molecule has 1 atom stereocenters. The number of fused-ring (bicyclic) bond motifs is 1. The molecule has 0 spiro atoms. The molecule has 0 radical (unpaired) electrons. The van der Waals surface area contributed by atoms with E-state index in [0.29, 0.717) is 23.8 Å². The molecule has 0 bridgehead atoms. The Morgan fingerprint density at radius 1 is 1.12 bits per heavy atom.